The first-order chi connectivity index (χ1) is 6.69. The van der Waals surface area contributed by atoms with Crippen LogP contribution in [0.5, 0.6) is 0 Å². The van der Waals surface area contributed by atoms with Crippen molar-refractivity contribution < 1.29 is 4.92 Å². The Labute approximate surface area is 92.9 Å². The molecule has 0 aliphatic heterocycles. The Kier molecular flexibility index (Phi) is 4.09. The van der Waals surface area contributed by atoms with Crippen LogP contribution in [-0.4, -0.2) is 16.7 Å². The van der Waals surface area contributed by atoms with E-state index in [1.165, 1.54) is 12.1 Å². The van der Waals surface area contributed by atoms with Crippen LogP contribution in [0.4, 0.5) is 11.4 Å². The number of nitro benzene ring substituents is 1. The molecule has 0 amide bonds. The molecule has 1 aromatic rings. The molecule has 0 aliphatic rings. The van der Waals surface area contributed by atoms with Gasteiger partial charge in [-0.15, -0.1) is 0 Å². The third-order valence-electron chi connectivity index (χ3n) is 1.77. The van der Waals surface area contributed by atoms with Crippen molar-refractivity contribution in [2.45, 2.75) is 0 Å². The molecule has 6 heteroatoms. The molecule has 0 unspecified atom stereocenters. The third-order valence-corrected chi connectivity index (χ3v) is 2.45. The first-order valence-corrected chi connectivity index (χ1v) is 5.16. The second-order valence-corrected chi connectivity index (χ2v) is 3.16. The minimum atomic E-state index is -0.421. The zero-order valence-corrected chi connectivity index (χ0v) is 9.12. The highest BCUT2D eigenvalue weighted by atomic mass is 32.1. The van der Waals surface area contributed by atoms with Gasteiger partial charge in [0.05, 0.1) is 16.7 Å². The van der Waals surface area contributed by atoms with E-state index in [1.54, 1.807) is 12.1 Å². The van der Waals surface area contributed by atoms with Crippen LogP contribution in [0.15, 0.2) is 24.3 Å². The molecule has 0 aromatic heterocycles. The van der Waals surface area contributed by atoms with E-state index in [4.69, 9.17) is 0 Å². The second-order valence-electron chi connectivity index (χ2n) is 2.60. The smallest absolute Gasteiger partial charge is 0.269 e. The van der Waals surface area contributed by atoms with Gasteiger partial charge in [-0.1, -0.05) is 0 Å². The van der Waals surface area contributed by atoms with E-state index in [9.17, 15) is 10.1 Å². The highest BCUT2D eigenvalue weighted by Gasteiger charge is 2.06. The number of hydrogen-bond acceptors (Lipinski definition) is 5. The van der Waals surface area contributed by atoms with Crippen LogP contribution in [0.25, 0.3) is 0 Å². The zero-order chi connectivity index (χ0) is 10.6. The van der Waals surface area contributed by atoms with Crippen LogP contribution in [0, 0.1) is 10.1 Å². The minimum Gasteiger partial charge on any atom is -0.354 e. The van der Waals surface area contributed by atoms with Crippen LogP contribution < -0.4 is 4.90 Å². The van der Waals surface area contributed by atoms with Crippen molar-refractivity contribution in [3.63, 3.8) is 0 Å². The predicted molar refractivity (Wildman–Crippen MR) is 63.3 cm³/mol. The lowest BCUT2D eigenvalue weighted by Crippen LogP contribution is -2.18. The van der Waals surface area contributed by atoms with E-state index in [2.05, 4.69) is 25.3 Å². The summed E-state index contributed by atoms with van der Waals surface area (Å²) >= 11 is 8.23. The number of nitrogens with zero attached hydrogens (tertiary/aromatic N) is 2. The van der Waals surface area contributed by atoms with Gasteiger partial charge in [0.1, 0.15) is 0 Å². The molecular weight excluding hydrogens is 220 g/mol. The zero-order valence-electron chi connectivity index (χ0n) is 7.33. The van der Waals surface area contributed by atoms with Crippen molar-refractivity contribution in [2.75, 3.05) is 16.7 Å². The van der Waals surface area contributed by atoms with E-state index in [-0.39, 0.29) is 5.69 Å². The monoisotopic (exact) mass is 230 g/mol. The fourth-order valence-electron chi connectivity index (χ4n) is 0.993. The molecule has 0 saturated heterocycles. The van der Waals surface area contributed by atoms with Gasteiger partial charge >= 0.3 is 0 Å². The van der Waals surface area contributed by atoms with E-state index in [1.807, 2.05) is 4.90 Å². The van der Waals surface area contributed by atoms with Gasteiger partial charge in [0, 0.05) is 17.8 Å². The summed E-state index contributed by atoms with van der Waals surface area (Å²) in [6, 6.07) is 6.31. The normalized spacial score (nSPS) is 9.86. The first-order valence-electron chi connectivity index (χ1n) is 3.90. The lowest BCUT2D eigenvalue weighted by atomic mass is 10.3. The van der Waals surface area contributed by atoms with Crippen LogP contribution in [-0.2, 0) is 0 Å². The van der Waals surface area contributed by atoms with Gasteiger partial charge in [0.15, 0.2) is 0 Å². The van der Waals surface area contributed by atoms with Gasteiger partial charge in [0.25, 0.3) is 5.69 Å². The summed E-state index contributed by atoms with van der Waals surface area (Å²) in [4.78, 5) is 11.8. The van der Waals surface area contributed by atoms with Gasteiger partial charge in [-0.25, -0.2) is 0 Å². The number of non-ortho nitro benzene ring substituents is 1. The maximum atomic E-state index is 10.4. The van der Waals surface area contributed by atoms with Gasteiger partial charge in [0.2, 0.25) is 0 Å². The first kappa shape index (κ1) is 11.2. The van der Waals surface area contributed by atoms with Crippen molar-refractivity contribution in [2.24, 2.45) is 0 Å². The molecule has 1 aromatic carbocycles. The third kappa shape index (κ3) is 2.55. The average Bonchev–Trinajstić information content (AvgIpc) is 2.20. The summed E-state index contributed by atoms with van der Waals surface area (Å²) in [5.74, 6) is 1.06. The molecule has 0 spiro atoms. The lowest BCUT2D eigenvalue weighted by molar-refractivity contribution is -0.384. The topological polar surface area (TPSA) is 46.4 Å². The summed E-state index contributed by atoms with van der Waals surface area (Å²) in [6.45, 7) is 0. The standard InChI is InChI=1S/C8H10N2O2S2/c11-10(12)8-3-1-7(2-4-8)9(5-13)6-14/h1-4,13-14H,5-6H2. The molecule has 0 saturated carbocycles. The Morgan fingerprint density at radius 2 is 1.71 bits per heavy atom. The summed E-state index contributed by atoms with van der Waals surface area (Å²) in [7, 11) is 0. The lowest BCUT2D eigenvalue weighted by Gasteiger charge is -2.19. The van der Waals surface area contributed by atoms with Gasteiger partial charge in [-0.3, -0.25) is 10.1 Å². The Hall–Kier alpha value is -0.880. The fraction of sp³-hybridized carbons (Fsp3) is 0.250. The van der Waals surface area contributed by atoms with Gasteiger partial charge < -0.3 is 4.90 Å². The summed E-state index contributed by atoms with van der Waals surface area (Å²) in [6.07, 6.45) is 0. The van der Waals surface area contributed by atoms with Crippen molar-refractivity contribution in [3.8, 4) is 0 Å². The number of nitro groups is 1. The van der Waals surface area contributed by atoms with Crippen LogP contribution >= 0.6 is 25.3 Å². The Bertz CT molecular complexity index is 312. The van der Waals surface area contributed by atoms with Crippen molar-refractivity contribution in [1.82, 2.24) is 0 Å². The quantitative estimate of drug-likeness (QED) is 0.361. The molecule has 0 atom stereocenters. The highest BCUT2D eigenvalue weighted by molar-refractivity contribution is 7.81. The van der Waals surface area contributed by atoms with Gasteiger partial charge in [-0.05, 0) is 12.1 Å². The Morgan fingerprint density at radius 3 is 2.07 bits per heavy atom. The van der Waals surface area contributed by atoms with Gasteiger partial charge in [-0.2, -0.15) is 25.3 Å². The molecule has 14 heavy (non-hydrogen) atoms. The van der Waals surface area contributed by atoms with E-state index < -0.39 is 4.92 Å². The van der Waals surface area contributed by atoms with E-state index in [0.29, 0.717) is 11.8 Å². The number of hydrogen-bond donors (Lipinski definition) is 2. The highest BCUT2D eigenvalue weighted by Crippen LogP contribution is 2.19. The Balaban J connectivity index is 2.87. The molecule has 76 valence electrons. The molecule has 0 radical (unpaired) electrons. The molecule has 1 rings (SSSR count). The van der Waals surface area contributed by atoms with Crippen molar-refractivity contribution in [1.29, 1.82) is 0 Å². The second kappa shape index (κ2) is 5.11. The number of anilines is 1. The number of benzene rings is 1. The molecule has 0 aliphatic carbocycles. The summed E-state index contributed by atoms with van der Waals surface area (Å²) in [5, 5.41) is 10.4. The fourth-order valence-corrected chi connectivity index (χ4v) is 1.68. The molecular formula is C8H10N2O2S2. The SMILES string of the molecule is O=[N+]([O-])c1ccc(N(CS)CS)cc1. The van der Waals surface area contributed by atoms with E-state index >= 15 is 0 Å². The minimum absolute atomic E-state index is 0.0898. The average molecular weight is 230 g/mol. The molecule has 0 fully saturated rings. The van der Waals surface area contributed by atoms with Crippen molar-refractivity contribution in [3.05, 3.63) is 34.4 Å². The van der Waals surface area contributed by atoms with Crippen LogP contribution in [0.1, 0.15) is 0 Å². The molecule has 0 bridgehead atoms. The molecule has 0 heterocycles. The van der Waals surface area contributed by atoms with Crippen LogP contribution in [0.3, 0.4) is 0 Å². The summed E-state index contributed by atoms with van der Waals surface area (Å²) in [5.41, 5.74) is 0.965. The summed E-state index contributed by atoms with van der Waals surface area (Å²) < 4.78 is 0. The Morgan fingerprint density at radius 1 is 1.21 bits per heavy atom. The number of thiol groups is 2. The van der Waals surface area contributed by atoms with E-state index in [0.717, 1.165) is 5.69 Å². The predicted octanol–water partition coefficient (Wildman–Crippen LogP) is 2.18. The molecule has 0 N–H and O–H groups in total. The molecule has 4 nitrogen and oxygen atoms in total. The largest absolute Gasteiger partial charge is 0.354 e. The maximum Gasteiger partial charge on any atom is 0.269 e. The maximum absolute atomic E-state index is 10.4. The van der Waals surface area contributed by atoms with Crippen LogP contribution in [0.2, 0.25) is 0 Å². The van der Waals surface area contributed by atoms with Crippen molar-refractivity contribution >= 4 is 36.6 Å². The number of rotatable bonds is 4.